The fraction of sp³-hybridized carbons (Fsp3) is 0.500. The fourth-order valence-corrected chi connectivity index (χ4v) is 3.17. The molecule has 6 heteroatoms. The lowest BCUT2D eigenvalue weighted by Crippen LogP contribution is -2.04. The van der Waals surface area contributed by atoms with Gasteiger partial charge in [0.15, 0.2) is 0 Å². The summed E-state index contributed by atoms with van der Waals surface area (Å²) in [5, 5.41) is 11.1. The van der Waals surface area contributed by atoms with E-state index >= 15 is 0 Å². The van der Waals surface area contributed by atoms with Gasteiger partial charge in [0.25, 0.3) is 0 Å². The van der Waals surface area contributed by atoms with Crippen molar-refractivity contribution in [2.24, 2.45) is 19.8 Å². The molecule has 2 heterocycles. The molecule has 0 aromatic carbocycles. The van der Waals surface area contributed by atoms with Gasteiger partial charge in [0, 0.05) is 19.7 Å². The van der Waals surface area contributed by atoms with Gasteiger partial charge in [-0.3, -0.25) is 9.36 Å². The number of aryl methyl sites for hydroxylation is 4. The van der Waals surface area contributed by atoms with Gasteiger partial charge in [-0.15, -0.1) is 0 Å². The molecule has 2 aromatic heterocycles. The third kappa shape index (κ3) is 2.44. The highest BCUT2D eigenvalue weighted by molar-refractivity contribution is 7.99. The molecule has 2 rings (SSSR count). The highest BCUT2D eigenvalue weighted by Gasteiger charge is 2.15. The first-order chi connectivity index (χ1) is 8.52. The first kappa shape index (κ1) is 13.2. The molecule has 0 aliphatic heterocycles. The summed E-state index contributed by atoms with van der Waals surface area (Å²) in [6, 6.07) is 2.08. The molecule has 0 radical (unpaired) electrons. The van der Waals surface area contributed by atoms with Crippen LogP contribution < -0.4 is 5.73 Å². The minimum Gasteiger partial charge on any atom is -0.330 e. The minimum absolute atomic E-state index is 0.643. The molecule has 0 fully saturated rings. The summed E-state index contributed by atoms with van der Waals surface area (Å²) in [6.45, 7) is 4.67. The summed E-state index contributed by atoms with van der Waals surface area (Å²) in [5.74, 6) is 0. The highest BCUT2D eigenvalue weighted by Crippen LogP contribution is 2.31. The van der Waals surface area contributed by atoms with E-state index in [2.05, 4.69) is 16.3 Å². The molecule has 0 unspecified atom stereocenters. The SMILES string of the molecule is Cc1cc(Sc2c(CCN)c(C)nn2C)n(C)n1. The number of hydrogen-bond donors (Lipinski definition) is 1. The van der Waals surface area contributed by atoms with Crippen LogP contribution in [0.2, 0.25) is 0 Å². The van der Waals surface area contributed by atoms with Crippen molar-refractivity contribution in [1.82, 2.24) is 19.6 Å². The average Bonchev–Trinajstić information content (AvgIpc) is 2.73. The molecule has 0 saturated heterocycles. The normalized spacial score (nSPS) is 11.2. The zero-order chi connectivity index (χ0) is 13.3. The quantitative estimate of drug-likeness (QED) is 0.908. The second-order valence-corrected chi connectivity index (χ2v) is 5.39. The molecule has 0 amide bonds. The predicted octanol–water partition coefficient (Wildman–Crippen LogP) is 1.42. The maximum atomic E-state index is 5.67. The molecule has 0 aliphatic rings. The Balaban J connectivity index is 2.36. The standard InChI is InChI=1S/C12H19N5S/c1-8-7-11(16(3)14-8)18-12-10(5-6-13)9(2)15-17(12)4/h7H,5-6,13H2,1-4H3. The maximum Gasteiger partial charge on any atom is 0.103 e. The lowest BCUT2D eigenvalue weighted by molar-refractivity contribution is 0.674. The molecule has 2 N–H and O–H groups in total. The van der Waals surface area contributed by atoms with Gasteiger partial charge in [-0.05, 0) is 32.9 Å². The van der Waals surface area contributed by atoms with E-state index in [0.29, 0.717) is 6.54 Å². The van der Waals surface area contributed by atoms with Crippen molar-refractivity contribution in [1.29, 1.82) is 0 Å². The Bertz CT molecular complexity index is 555. The second kappa shape index (κ2) is 5.16. The predicted molar refractivity (Wildman–Crippen MR) is 72.8 cm³/mol. The van der Waals surface area contributed by atoms with Crippen LogP contribution in [0.4, 0.5) is 0 Å². The summed E-state index contributed by atoms with van der Waals surface area (Å²) in [5.41, 5.74) is 9.00. The van der Waals surface area contributed by atoms with Crippen LogP contribution in [0.1, 0.15) is 17.0 Å². The molecule has 0 aliphatic carbocycles. The van der Waals surface area contributed by atoms with Crippen molar-refractivity contribution < 1.29 is 0 Å². The van der Waals surface area contributed by atoms with Gasteiger partial charge in [0.1, 0.15) is 10.1 Å². The molecule has 0 saturated carbocycles. The average molecular weight is 265 g/mol. The van der Waals surface area contributed by atoms with Crippen LogP contribution >= 0.6 is 11.8 Å². The van der Waals surface area contributed by atoms with Gasteiger partial charge >= 0.3 is 0 Å². The fourth-order valence-electron chi connectivity index (χ4n) is 2.02. The topological polar surface area (TPSA) is 61.7 Å². The number of hydrogen-bond acceptors (Lipinski definition) is 4. The van der Waals surface area contributed by atoms with Gasteiger partial charge < -0.3 is 5.73 Å². The molecule has 5 nitrogen and oxygen atoms in total. The van der Waals surface area contributed by atoms with E-state index in [1.165, 1.54) is 5.56 Å². The van der Waals surface area contributed by atoms with Crippen molar-refractivity contribution in [3.05, 3.63) is 23.0 Å². The summed E-state index contributed by atoms with van der Waals surface area (Å²) < 4.78 is 3.82. The van der Waals surface area contributed by atoms with E-state index in [9.17, 15) is 0 Å². The van der Waals surface area contributed by atoms with E-state index in [-0.39, 0.29) is 0 Å². The molecular weight excluding hydrogens is 246 g/mol. The van der Waals surface area contributed by atoms with Crippen LogP contribution in [0.3, 0.4) is 0 Å². The van der Waals surface area contributed by atoms with Gasteiger partial charge in [-0.2, -0.15) is 10.2 Å². The van der Waals surface area contributed by atoms with Crippen LogP contribution in [-0.2, 0) is 20.5 Å². The molecule has 2 aromatic rings. The van der Waals surface area contributed by atoms with E-state index in [1.807, 2.05) is 37.3 Å². The third-order valence-electron chi connectivity index (χ3n) is 2.84. The number of nitrogens with two attached hydrogens (primary N) is 1. The Morgan fingerprint density at radius 2 is 1.94 bits per heavy atom. The first-order valence-electron chi connectivity index (χ1n) is 5.94. The zero-order valence-corrected chi connectivity index (χ0v) is 12.1. The van der Waals surface area contributed by atoms with Crippen LogP contribution in [0.25, 0.3) is 0 Å². The van der Waals surface area contributed by atoms with E-state index < -0.39 is 0 Å². The molecule has 0 atom stereocenters. The number of aromatic nitrogens is 4. The van der Waals surface area contributed by atoms with Crippen molar-refractivity contribution in [2.75, 3.05) is 6.54 Å². The van der Waals surface area contributed by atoms with Gasteiger partial charge in [0.05, 0.1) is 11.4 Å². The Morgan fingerprint density at radius 3 is 2.50 bits per heavy atom. The minimum atomic E-state index is 0.643. The largest absolute Gasteiger partial charge is 0.330 e. The molecule has 0 bridgehead atoms. The smallest absolute Gasteiger partial charge is 0.103 e. The Kier molecular flexibility index (Phi) is 3.77. The molecule has 98 valence electrons. The Labute approximate surface area is 111 Å². The van der Waals surface area contributed by atoms with E-state index in [4.69, 9.17) is 5.73 Å². The van der Waals surface area contributed by atoms with Gasteiger partial charge in [-0.25, -0.2) is 0 Å². The summed E-state index contributed by atoms with van der Waals surface area (Å²) in [6.07, 6.45) is 0.860. The van der Waals surface area contributed by atoms with Crippen molar-refractivity contribution >= 4 is 11.8 Å². The molecule has 0 spiro atoms. The van der Waals surface area contributed by atoms with Crippen LogP contribution in [0, 0.1) is 13.8 Å². The zero-order valence-electron chi connectivity index (χ0n) is 11.3. The lowest BCUT2D eigenvalue weighted by Gasteiger charge is -2.05. The Morgan fingerprint density at radius 1 is 1.22 bits per heavy atom. The third-order valence-corrected chi connectivity index (χ3v) is 4.14. The lowest BCUT2D eigenvalue weighted by atomic mass is 10.2. The first-order valence-corrected chi connectivity index (χ1v) is 6.75. The van der Waals surface area contributed by atoms with E-state index in [0.717, 1.165) is 27.9 Å². The molecule has 18 heavy (non-hydrogen) atoms. The summed E-state index contributed by atoms with van der Waals surface area (Å²) in [7, 11) is 3.93. The van der Waals surface area contributed by atoms with Crippen molar-refractivity contribution in [3.63, 3.8) is 0 Å². The van der Waals surface area contributed by atoms with Crippen LogP contribution in [0.15, 0.2) is 16.1 Å². The maximum absolute atomic E-state index is 5.67. The monoisotopic (exact) mass is 265 g/mol. The summed E-state index contributed by atoms with van der Waals surface area (Å²) in [4.78, 5) is 0. The Hall–Kier alpha value is -1.27. The van der Waals surface area contributed by atoms with Crippen molar-refractivity contribution in [2.45, 2.75) is 30.3 Å². The van der Waals surface area contributed by atoms with Gasteiger partial charge in [-0.1, -0.05) is 11.8 Å². The van der Waals surface area contributed by atoms with Crippen molar-refractivity contribution in [3.8, 4) is 0 Å². The highest BCUT2D eigenvalue weighted by atomic mass is 32.2. The number of rotatable bonds is 4. The van der Waals surface area contributed by atoms with Crippen LogP contribution in [0.5, 0.6) is 0 Å². The number of nitrogens with zero attached hydrogens (tertiary/aromatic N) is 4. The molecular formula is C12H19N5S. The summed E-state index contributed by atoms with van der Waals surface area (Å²) >= 11 is 1.69. The van der Waals surface area contributed by atoms with Crippen LogP contribution in [-0.4, -0.2) is 26.1 Å². The van der Waals surface area contributed by atoms with Gasteiger partial charge in [0.2, 0.25) is 0 Å². The second-order valence-electron chi connectivity index (χ2n) is 4.38. The van der Waals surface area contributed by atoms with E-state index in [1.54, 1.807) is 11.8 Å².